The van der Waals surface area contributed by atoms with Gasteiger partial charge in [0.2, 0.25) is 0 Å². The van der Waals surface area contributed by atoms with Gasteiger partial charge in [-0.25, -0.2) is 14.5 Å². The maximum atomic E-state index is 13.1. The first-order valence-corrected chi connectivity index (χ1v) is 12.3. The standard InChI is InChI=1S/C27H44BNO6/c1-17-14-20(21(15-18(17)2)28-34-26(10,11)27(12,13)35-28)16-19(3)29(22(30)32-24(4,5)6)23(31)33-25(7,8)9/h14-15,19H,16H2,1-13H3/t19-/m1/s1. The topological polar surface area (TPSA) is 74.3 Å². The van der Waals surface area contributed by atoms with Crippen LogP contribution in [0, 0.1) is 13.8 Å². The van der Waals surface area contributed by atoms with Gasteiger partial charge in [-0.15, -0.1) is 0 Å². The normalized spacial score (nSPS) is 18.3. The Morgan fingerprint density at radius 2 is 1.29 bits per heavy atom. The van der Waals surface area contributed by atoms with Crippen molar-refractivity contribution in [2.75, 3.05) is 0 Å². The SMILES string of the molecule is Cc1cc(C[C@@H](C)N(C(=O)OC(C)(C)C)C(=O)OC(C)(C)C)c(B2OC(C)(C)C(C)(C)O2)cc1C. The van der Waals surface area contributed by atoms with Gasteiger partial charge < -0.3 is 18.8 Å². The van der Waals surface area contributed by atoms with Gasteiger partial charge in [0.15, 0.2) is 0 Å². The van der Waals surface area contributed by atoms with E-state index in [9.17, 15) is 9.59 Å². The molecule has 1 atom stereocenters. The maximum absolute atomic E-state index is 13.1. The number of hydrogen-bond acceptors (Lipinski definition) is 6. The molecule has 0 aromatic heterocycles. The van der Waals surface area contributed by atoms with Crippen molar-refractivity contribution in [3.8, 4) is 0 Å². The van der Waals surface area contributed by atoms with E-state index in [4.69, 9.17) is 18.8 Å². The lowest BCUT2D eigenvalue weighted by atomic mass is 9.73. The highest BCUT2D eigenvalue weighted by molar-refractivity contribution is 6.62. The first-order valence-electron chi connectivity index (χ1n) is 12.3. The number of rotatable bonds is 4. The summed E-state index contributed by atoms with van der Waals surface area (Å²) in [6.45, 7) is 24.6. The molecule has 1 aromatic rings. The fourth-order valence-corrected chi connectivity index (χ4v) is 3.73. The fraction of sp³-hybridized carbons (Fsp3) is 0.704. The molecule has 0 saturated carbocycles. The van der Waals surface area contributed by atoms with Crippen LogP contribution in [0.2, 0.25) is 0 Å². The van der Waals surface area contributed by atoms with Crippen LogP contribution in [-0.2, 0) is 25.2 Å². The molecule has 0 unspecified atom stereocenters. The lowest BCUT2D eigenvalue weighted by molar-refractivity contribution is -0.00570. The summed E-state index contributed by atoms with van der Waals surface area (Å²) in [6, 6.07) is 3.61. The average molecular weight is 489 g/mol. The number of nitrogens with zero attached hydrogens (tertiary/aromatic N) is 1. The van der Waals surface area contributed by atoms with Crippen LogP contribution >= 0.6 is 0 Å². The van der Waals surface area contributed by atoms with Crippen LogP contribution in [0.1, 0.15) is 92.9 Å². The number of benzene rings is 1. The van der Waals surface area contributed by atoms with Gasteiger partial charge in [-0.1, -0.05) is 12.1 Å². The number of imide groups is 1. The highest BCUT2D eigenvalue weighted by Gasteiger charge is 2.52. The first-order chi connectivity index (χ1) is 15.6. The van der Waals surface area contributed by atoms with Crippen molar-refractivity contribution in [1.29, 1.82) is 0 Å². The summed E-state index contributed by atoms with van der Waals surface area (Å²) in [6.07, 6.45) is -1.08. The Labute approximate surface area is 212 Å². The molecule has 0 N–H and O–H groups in total. The molecule has 0 radical (unpaired) electrons. The molecule has 1 aliphatic heterocycles. The van der Waals surface area contributed by atoms with E-state index in [1.165, 1.54) is 0 Å². The molecule has 1 fully saturated rings. The zero-order valence-electron chi connectivity index (χ0n) is 23.9. The smallest absolute Gasteiger partial charge is 0.443 e. The lowest BCUT2D eigenvalue weighted by Gasteiger charge is -2.32. The van der Waals surface area contributed by atoms with Crippen LogP contribution in [0.15, 0.2) is 12.1 Å². The number of ether oxygens (including phenoxy) is 2. The summed E-state index contributed by atoms with van der Waals surface area (Å²) < 4.78 is 23.8. The molecule has 1 aliphatic rings. The minimum atomic E-state index is -0.759. The zero-order valence-corrected chi connectivity index (χ0v) is 23.9. The van der Waals surface area contributed by atoms with E-state index in [2.05, 4.69) is 12.1 Å². The third-order valence-electron chi connectivity index (χ3n) is 6.40. The summed E-state index contributed by atoms with van der Waals surface area (Å²) >= 11 is 0. The number of amides is 2. The predicted molar refractivity (Wildman–Crippen MR) is 139 cm³/mol. The quantitative estimate of drug-likeness (QED) is 0.505. The van der Waals surface area contributed by atoms with Crippen LogP contribution in [0.5, 0.6) is 0 Å². The molecule has 0 bridgehead atoms. The van der Waals surface area contributed by atoms with Gasteiger partial charge >= 0.3 is 19.3 Å². The molecule has 1 aromatic carbocycles. The van der Waals surface area contributed by atoms with Gasteiger partial charge in [0, 0.05) is 6.04 Å². The Bertz CT molecular complexity index is 914. The van der Waals surface area contributed by atoms with Crippen molar-refractivity contribution in [2.45, 2.75) is 125 Å². The molecule has 1 saturated heterocycles. The maximum Gasteiger partial charge on any atom is 0.495 e. The zero-order chi connectivity index (χ0) is 27.1. The van der Waals surface area contributed by atoms with E-state index in [1.807, 2.05) is 48.5 Å². The third kappa shape index (κ3) is 7.23. The summed E-state index contributed by atoms with van der Waals surface area (Å²) in [5, 5.41) is 0. The van der Waals surface area contributed by atoms with Crippen molar-refractivity contribution in [3.63, 3.8) is 0 Å². The van der Waals surface area contributed by atoms with Crippen LogP contribution in [0.25, 0.3) is 0 Å². The summed E-state index contributed by atoms with van der Waals surface area (Å²) in [4.78, 5) is 27.3. The molecule has 196 valence electrons. The Morgan fingerprint density at radius 1 is 0.886 bits per heavy atom. The molecule has 2 amide bonds. The Balaban J connectivity index is 2.45. The summed E-state index contributed by atoms with van der Waals surface area (Å²) in [7, 11) is -0.557. The second kappa shape index (κ2) is 9.77. The molecule has 2 rings (SSSR count). The second-order valence-electron chi connectivity index (χ2n) is 12.6. The van der Waals surface area contributed by atoms with Crippen molar-refractivity contribution in [1.82, 2.24) is 4.90 Å². The van der Waals surface area contributed by atoms with E-state index < -0.39 is 47.8 Å². The molecule has 0 aliphatic carbocycles. The number of hydrogen-bond donors (Lipinski definition) is 0. The van der Waals surface area contributed by atoms with E-state index in [0.717, 1.165) is 27.1 Å². The van der Waals surface area contributed by atoms with Crippen molar-refractivity contribution >= 4 is 24.8 Å². The van der Waals surface area contributed by atoms with Gasteiger partial charge in [0.1, 0.15) is 11.2 Å². The molecule has 8 heteroatoms. The average Bonchev–Trinajstić information content (AvgIpc) is 2.82. The van der Waals surface area contributed by atoms with Crippen LogP contribution in [-0.4, -0.2) is 52.7 Å². The number of carbonyl (C=O) groups is 2. The van der Waals surface area contributed by atoms with Crippen molar-refractivity contribution in [2.24, 2.45) is 0 Å². The molecule has 35 heavy (non-hydrogen) atoms. The minimum Gasteiger partial charge on any atom is -0.443 e. The molecule has 7 nitrogen and oxygen atoms in total. The summed E-state index contributed by atoms with van der Waals surface area (Å²) in [5.74, 6) is 0. The second-order valence-corrected chi connectivity index (χ2v) is 12.6. The first kappa shape index (κ1) is 29.2. The predicted octanol–water partition coefficient (Wildman–Crippen LogP) is 5.71. The lowest BCUT2D eigenvalue weighted by Crippen LogP contribution is -2.49. The largest absolute Gasteiger partial charge is 0.495 e. The van der Waals surface area contributed by atoms with E-state index in [-0.39, 0.29) is 0 Å². The van der Waals surface area contributed by atoms with Crippen LogP contribution in [0.4, 0.5) is 9.59 Å². The monoisotopic (exact) mass is 489 g/mol. The van der Waals surface area contributed by atoms with Gasteiger partial charge in [-0.05, 0) is 119 Å². The number of carbonyl (C=O) groups excluding carboxylic acids is 2. The van der Waals surface area contributed by atoms with Crippen LogP contribution < -0.4 is 5.46 Å². The van der Waals surface area contributed by atoms with Gasteiger partial charge in [-0.2, -0.15) is 0 Å². The highest BCUT2D eigenvalue weighted by Crippen LogP contribution is 2.37. The highest BCUT2D eigenvalue weighted by atomic mass is 16.7. The third-order valence-corrected chi connectivity index (χ3v) is 6.40. The fourth-order valence-electron chi connectivity index (χ4n) is 3.73. The molecule has 1 heterocycles. The van der Waals surface area contributed by atoms with Gasteiger partial charge in [-0.3, -0.25) is 0 Å². The Kier molecular flexibility index (Phi) is 8.15. The van der Waals surface area contributed by atoms with E-state index in [0.29, 0.717) is 6.42 Å². The molecule has 0 spiro atoms. The van der Waals surface area contributed by atoms with Crippen LogP contribution in [0.3, 0.4) is 0 Å². The van der Waals surface area contributed by atoms with Crippen molar-refractivity contribution < 1.29 is 28.4 Å². The Hall–Kier alpha value is -2.06. The van der Waals surface area contributed by atoms with E-state index >= 15 is 0 Å². The minimum absolute atomic E-state index is 0.388. The van der Waals surface area contributed by atoms with Crippen molar-refractivity contribution in [3.05, 3.63) is 28.8 Å². The van der Waals surface area contributed by atoms with E-state index in [1.54, 1.807) is 41.5 Å². The van der Waals surface area contributed by atoms with Gasteiger partial charge in [0.05, 0.1) is 11.2 Å². The number of aryl methyl sites for hydroxylation is 2. The Morgan fingerprint density at radius 3 is 1.69 bits per heavy atom. The summed E-state index contributed by atoms with van der Waals surface area (Å²) in [5.41, 5.74) is 1.56. The molecular weight excluding hydrogens is 445 g/mol. The van der Waals surface area contributed by atoms with Gasteiger partial charge in [0.25, 0.3) is 0 Å². The molecular formula is C27H44BNO6.